The van der Waals surface area contributed by atoms with Crippen molar-refractivity contribution in [2.24, 2.45) is 10.9 Å². The summed E-state index contributed by atoms with van der Waals surface area (Å²) in [6.45, 7) is 0.576. The second-order valence-electron chi connectivity index (χ2n) is 5.42. The fraction of sp³-hybridized carbons (Fsp3) is 0.538. The van der Waals surface area contributed by atoms with Crippen LogP contribution in [0.3, 0.4) is 0 Å². The molecule has 1 heterocycles. The van der Waals surface area contributed by atoms with Crippen molar-refractivity contribution in [1.29, 1.82) is 0 Å². The van der Waals surface area contributed by atoms with Crippen molar-refractivity contribution in [1.82, 2.24) is 4.90 Å². The van der Waals surface area contributed by atoms with Crippen LogP contribution in [0, 0.1) is 0 Å². The van der Waals surface area contributed by atoms with Crippen molar-refractivity contribution in [2.45, 2.75) is 17.6 Å². The van der Waals surface area contributed by atoms with E-state index in [1.165, 1.54) is 17.0 Å². The monoisotopic (exact) mass is 352 g/mol. The first-order valence-electron chi connectivity index (χ1n) is 7.00. The molecule has 1 aromatic carbocycles. The van der Waals surface area contributed by atoms with E-state index in [1.807, 2.05) is 4.90 Å². The normalized spacial score (nSPS) is 17.5. The minimum Gasteiger partial charge on any atom is -0.369 e. The molecule has 23 heavy (non-hydrogen) atoms. The molecule has 0 atom stereocenters. The smallest absolute Gasteiger partial charge is 0.369 e. The predicted octanol–water partition coefficient (Wildman–Crippen LogP) is 0.477. The van der Waals surface area contributed by atoms with E-state index in [0.29, 0.717) is 18.7 Å². The number of sulfonamides is 1. The summed E-state index contributed by atoms with van der Waals surface area (Å²) in [7, 11) is -3.82. The predicted molar refractivity (Wildman–Crippen MR) is 80.4 cm³/mol. The standard InChI is InChI=1S/C13H19F3N4O2S/c14-13(15,16)9-19-3-5-20(6-4-19)12-2-1-11(23(18,21)22)7-10(12)8-17/h1-2,7H,3-6,8-9,17H2,(H2,18,21,22). The zero-order chi connectivity index (χ0) is 17.3. The van der Waals surface area contributed by atoms with Crippen molar-refractivity contribution in [3.05, 3.63) is 23.8 Å². The summed E-state index contributed by atoms with van der Waals surface area (Å²) in [5, 5.41) is 5.09. The topological polar surface area (TPSA) is 92.7 Å². The summed E-state index contributed by atoms with van der Waals surface area (Å²) in [6.07, 6.45) is -4.21. The third-order valence-electron chi connectivity index (χ3n) is 3.72. The molecule has 0 amide bonds. The van der Waals surface area contributed by atoms with Crippen LogP contribution in [-0.2, 0) is 16.6 Å². The van der Waals surface area contributed by atoms with Gasteiger partial charge in [-0.3, -0.25) is 4.90 Å². The first-order chi connectivity index (χ1) is 10.6. The van der Waals surface area contributed by atoms with Crippen molar-refractivity contribution in [3.8, 4) is 0 Å². The molecular formula is C13H19F3N4O2S. The Morgan fingerprint density at radius 1 is 1.13 bits per heavy atom. The van der Waals surface area contributed by atoms with E-state index in [1.54, 1.807) is 6.07 Å². The van der Waals surface area contributed by atoms with Crippen LogP contribution in [0.4, 0.5) is 18.9 Å². The fourth-order valence-corrected chi connectivity index (χ4v) is 3.18. The van der Waals surface area contributed by atoms with Crippen molar-refractivity contribution < 1.29 is 21.6 Å². The lowest BCUT2D eigenvalue weighted by Gasteiger charge is -2.37. The molecule has 1 fully saturated rings. The number of anilines is 1. The molecule has 0 radical (unpaired) electrons. The molecule has 0 spiro atoms. The van der Waals surface area contributed by atoms with Gasteiger partial charge in [0.15, 0.2) is 0 Å². The van der Waals surface area contributed by atoms with Gasteiger partial charge in [-0.15, -0.1) is 0 Å². The molecule has 0 aliphatic carbocycles. The number of hydrogen-bond acceptors (Lipinski definition) is 5. The van der Waals surface area contributed by atoms with E-state index in [-0.39, 0.29) is 24.5 Å². The Balaban J connectivity index is 2.12. The zero-order valence-corrected chi connectivity index (χ0v) is 13.2. The highest BCUT2D eigenvalue weighted by Crippen LogP contribution is 2.25. The molecule has 0 unspecified atom stereocenters. The lowest BCUT2D eigenvalue weighted by molar-refractivity contribution is -0.146. The third kappa shape index (κ3) is 4.80. The van der Waals surface area contributed by atoms with Gasteiger partial charge in [0.1, 0.15) is 0 Å². The molecule has 6 nitrogen and oxygen atoms in total. The zero-order valence-electron chi connectivity index (χ0n) is 12.4. The number of rotatable bonds is 4. The van der Waals surface area contributed by atoms with Gasteiger partial charge in [-0.1, -0.05) is 0 Å². The van der Waals surface area contributed by atoms with Gasteiger partial charge in [0.25, 0.3) is 0 Å². The molecule has 2 rings (SSSR count). The van der Waals surface area contributed by atoms with Gasteiger partial charge >= 0.3 is 6.18 Å². The summed E-state index contributed by atoms with van der Waals surface area (Å²) in [4.78, 5) is 3.22. The summed E-state index contributed by atoms with van der Waals surface area (Å²) in [5.74, 6) is 0. The molecule has 0 saturated carbocycles. The van der Waals surface area contributed by atoms with Crippen molar-refractivity contribution in [3.63, 3.8) is 0 Å². The number of hydrogen-bond donors (Lipinski definition) is 2. The van der Waals surface area contributed by atoms with Crippen LogP contribution >= 0.6 is 0 Å². The fourth-order valence-electron chi connectivity index (χ4n) is 2.61. The number of piperazine rings is 1. The van der Waals surface area contributed by atoms with E-state index in [9.17, 15) is 21.6 Å². The van der Waals surface area contributed by atoms with Crippen molar-refractivity contribution in [2.75, 3.05) is 37.6 Å². The Morgan fingerprint density at radius 3 is 2.22 bits per heavy atom. The largest absolute Gasteiger partial charge is 0.401 e. The van der Waals surface area contributed by atoms with Crippen LogP contribution in [0.5, 0.6) is 0 Å². The molecule has 1 aliphatic heterocycles. The van der Waals surface area contributed by atoms with Gasteiger partial charge in [0.05, 0.1) is 11.4 Å². The third-order valence-corrected chi connectivity index (χ3v) is 4.63. The highest BCUT2D eigenvalue weighted by Gasteiger charge is 2.32. The maximum atomic E-state index is 12.4. The summed E-state index contributed by atoms with van der Waals surface area (Å²) < 4.78 is 59.9. The maximum absolute atomic E-state index is 12.4. The van der Waals surface area contributed by atoms with E-state index in [2.05, 4.69) is 0 Å². The minimum atomic E-state index is -4.21. The molecule has 130 valence electrons. The average Bonchev–Trinajstić information content (AvgIpc) is 2.45. The van der Waals surface area contributed by atoms with Crippen LogP contribution in [0.2, 0.25) is 0 Å². The first-order valence-corrected chi connectivity index (χ1v) is 8.54. The average molecular weight is 352 g/mol. The lowest BCUT2D eigenvalue weighted by atomic mass is 10.1. The quantitative estimate of drug-likeness (QED) is 0.822. The van der Waals surface area contributed by atoms with Gasteiger partial charge in [0.2, 0.25) is 10.0 Å². The Kier molecular flexibility index (Phi) is 5.19. The van der Waals surface area contributed by atoms with Crippen LogP contribution < -0.4 is 15.8 Å². The number of nitrogens with zero attached hydrogens (tertiary/aromatic N) is 2. The Bertz CT molecular complexity index is 656. The Hall–Kier alpha value is -1.36. The van der Waals surface area contributed by atoms with E-state index in [4.69, 9.17) is 10.9 Å². The van der Waals surface area contributed by atoms with Crippen LogP contribution in [0.25, 0.3) is 0 Å². The van der Waals surface area contributed by atoms with Gasteiger partial charge in [0, 0.05) is 38.4 Å². The Labute approximate surface area is 132 Å². The Morgan fingerprint density at radius 2 is 1.74 bits per heavy atom. The van der Waals surface area contributed by atoms with Crippen LogP contribution in [0.1, 0.15) is 5.56 Å². The summed E-state index contributed by atoms with van der Waals surface area (Å²) in [5.41, 5.74) is 6.98. The second kappa shape index (κ2) is 6.63. The number of halogens is 3. The SMILES string of the molecule is NCc1cc(S(N)(=O)=O)ccc1N1CCN(CC(F)(F)F)CC1. The highest BCUT2D eigenvalue weighted by molar-refractivity contribution is 7.89. The second-order valence-corrected chi connectivity index (χ2v) is 6.98. The van der Waals surface area contributed by atoms with E-state index in [0.717, 1.165) is 5.69 Å². The molecule has 4 N–H and O–H groups in total. The highest BCUT2D eigenvalue weighted by atomic mass is 32.2. The van der Waals surface area contributed by atoms with E-state index < -0.39 is 22.7 Å². The molecule has 1 aromatic rings. The van der Waals surface area contributed by atoms with Gasteiger partial charge in [-0.05, 0) is 23.8 Å². The number of benzene rings is 1. The van der Waals surface area contributed by atoms with Crippen molar-refractivity contribution >= 4 is 15.7 Å². The van der Waals surface area contributed by atoms with E-state index >= 15 is 0 Å². The number of primary sulfonamides is 1. The maximum Gasteiger partial charge on any atom is 0.401 e. The van der Waals surface area contributed by atoms with Gasteiger partial charge in [-0.2, -0.15) is 13.2 Å². The number of nitrogens with two attached hydrogens (primary N) is 2. The molecule has 0 aromatic heterocycles. The first kappa shape index (κ1) is 18.0. The molecule has 10 heteroatoms. The summed E-state index contributed by atoms with van der Waals surface area (Å²) >= 11 is 0. The van der Waals surface area contributed by atoms with Gasteiger partial charge < -0.3 is 10.6 Å². The molecule has 0 bridgehead atoms. The number of alkyl halides is 3. The molecular weight excluding hydrogens is 333 g/mol. The summed E-state index contributed by atoms with van der Waals surface area (Å²) in [6, 6.07) is 4.39. The molecule has 1 saturated heterocycles. The van der Waals surface area contributed by atoms with Crippen LogP contribution in [0.15, 0.2) is 23.1 Å². The lowest BCUT2D eigenvalue weighted by Crippen LogP contribution is -2.49. The van der Waals surface area contributed by atoms with Gasteiger partial charge in [-0.25, -0.2) is 13.6 Å². The molecule has 1 aliphatic rings. The van der Waals surface area contributed by atoms with Crippen LogP contribution in [-0.4, -0.2) is 52.2 Å². The minimum absolute atomic E-state index is 0.0302.